The maximum atomic E-state index is 12.0. The van der Waals surface area contributed by atoms with Gasteiger partial charge in [0.25, 0.3) is 5.91 Å². The Morgan fingerprint density at radius 2 is 2.15 bits per heavy atom. The number of aliphatic hydroxyl groups excluding tert-OH is 2. The van der Waals surface area contributed by atoms with Gasteiger partial charge in [0.15, 0.2) is 23.8 Å². The zero-order valence-electron chi connectivity index (χ0n) is 15.1. The van der Waals surface area contributed by atoms with Gasteiger partial charge in [-0.2, -0.15) is 0 Å². The summed E-state index contributed by atoms with van der Waals surface area (Å²) in [7, 11) is 0. The first kappa shape index (κ1) is 19.0. The van der Waals surface area contributed by atoms with Crippen LogP contribution in [0.4, 0.5) is 5.82 Å². The number of nitrogen functional groups attached to an aromatic ring is 1. The van der Waals surface area contributed by atoms with E-state index in [4.69, 9.17) is 10.5 Å². The molecule has 1 aliphatic heterocycles. The SMILES string of the molecule is CCCC#Cc1nc(N)c2ncn(C3OC(C(=O)NCC)C(O)C3O)c2n1. The highest BCUT2D eigenvalue weighted by Crippen LogP contribution is 2.32. The first-order valence-electron chi connectivity index (χ1n) is 8.76. The summed E-state index contributed by atoms with van der Waals surface area (Å²) >= 11 is 0. The Balaban J connectivity index is 1.97. The number of carbonyl (C=O) groups is 1. The van der Waals surface area contributed by atoms with Crippen molar-refractivity contribution >= 4 is 22.9 Å². The Morgan fingerprint density at radius 1 is 1.37 bits per heavy atom. The van der Waals surface area contributed by atoms with E-state index in [1.807, 2.05) is 6.92 Å². The van der Waals surface area contributed by atoms with Gasteiger partial charge in [-0.05, 0) is 19.3 Å². The van der Waals surface area contributed by atoms with Crippen LogP contribution in [0.15, 0.2) is 6.33 Å². The molecule has 10 heteroatoms. The first-order valence-corrected chi connectivity index (χ1v) is 8.76. The molecule has 1 aliphatic rings. The van der Waals surface area contributed by atoms with E-state index in [-0.39, 0.29) is 11.6 Å². The number of imidazole rings is 1. The Labute approximate surface area is 155 Å². The number of aliphatic hydroxyl groups is 2. The summed E-state index contributed by atoms with van der Waals surface area (Å²) in [6.45, 7) is 4.14. The van der Waals surface area contributed by atoms with Gasteiger partial charge in [0.2, 0.25) is 5.82 Å². The van der Waals surface area contributed by atoms with E-state index in [1.54, 1.807) is 6.92 Å². The number of nitrogens with one attached hydrogen (secondary N) is 1. The number of anilines is 1. The van der Waals surface area contributed by atoms with E-state index in [1.165, 1.54) is 10.9 Å². The Hall–Kier alpha value is -2.74. The van der Waals surface area contributed by atoms with Crippen molar-refractivity contribution in [2.24, 2.45) is 0 Å². The molecular formula is C17H22N6O4. The van der Waals surface area contributed by atoms with Crippen LogP contribution in [0.5, 0.6) is 0 Å². The van der Waals surface area contributed by atoms with Gasteiger partial charge in [0.05, 0.1) is 6.33 Å². The number of nitrogens with zero attached hydrogens (tertiary/aromatic N) is 4. The third kappa shape index (κ3) is 3.57. The molecule has 0 aromatic carbocycles. The van der Waals surface area contributed by atoms with Gasteiger partial charge in [-0.15, -0.1) is 0 Å². The fourth-order valence-corrected chi connectivity index (χ4v) is 2.83. The molecule has 2 aromatic rings. The number of aromatic nitrogens is 4. The van der Waals surface area contributed by atoms with E-state index < -0.39 is 30.4 Å². The van der Waals surface area contributed by atoms with Gasteiger partial charge >= 0.3 is 0 Å². The van der Waals surface area contributed by atoms with Crippen LogP contribution in [0.1, 0.15) is 38.7 Å². The quantitative estimate of drug-likeness (QED) is 0.514. The van der Waals surface area contributed by atoms with Crippen molar-refractivity contribution in [3.05, 3.63) is 12.2 Å². The maximum Gasteiger partial charge on any atom is 0.252 e. The number of amides is 1. The number of rotatable bonds is 4. The van der Waals surface area contributed by atoms with Gasteiger partial charge in [-0.25, -0.2) is 15.0 Å². The molecule has 0 radical (unpaired) electrons. The molecule has 2 aromatic heterocycles. The van der Waals surface area contributed by atoms with Crippen molar-refractivity contribution in [3.63, 3.8) is 0 Å². The number of carbonyl (C=O) groups excluding carboxylic acids is 1. The molecule has 144 valence electrons. The fraction of sp³-hybridized carbons (Fsp3) is 0.529. The van der Waals surface area contributed by atoms with Crippen LogP contribution in [-0.4, -0.2) is 60.5 Å². The molecule has 1 fully saturated rings. The molecular weight excluding hydrogens is 352 g/mol. The highest BCUT2D eigenvalue weighted by Gasteiger charge is 2.47. The molecule has 5 N–H and O–H groups in total. The summed E-state index contributed by atoms with van der Waals surface area (Å²) in [4.78, 5) is 24.7. The number of ether oxygens (including phenoxy) is 1. The Morgan fingerprint density at radius 3 is 2.85 bits per heavy atom. The van der Waals surface area contributed by atoms with Crippen LogP contribution < -0.4 is 11.1 Å². The van der Waals surface area contributed by atoms with Crippen molar-refractivity contribution in [3.8, 4) is 11.8 Å². The largest absolute Gasteiger partial charge is 0.387 e. The lowest BCUT2D eigenvalue weighted by Crippen LogP contribution is -2.42. The Kier molecular flexibility index (Phi) is 5.55. The van der Waals surface area contributed by atoms with Gasteiger partial charge in [0.1, 0.15) is 17.7 Å². The number of hydrogen-bond acceptors (Lipinski definition) is 8. The minimum absolute atomic E-state index is 0.146. The zero-order valence-corrected chi connectivity index (χ0v) is 15.1. The molecule has 0 saturated carbocycles. The monoisotopic (exact) mass is 374 g/mol. The third-order valence-corrected chi connectivity index (χ3v) is 4.15. The summed E-state index contributed by atoms with van der Waals surface area (Å²) in [5.41, 5.74) is 6.56. The van der Waals surface area contributed by atoms with Gasteiger partial charge < -0.3 is 26.0 Å². The lowest BCUT2D eigenvalue weighted by Gasteiger charge is -2.16. The number of unbranched alkanes of at least 4 members (excludes halogenated alkanes) is 1. The third-order valence-electron chi connectivity index (χ3n) is 4.15. The van der Waals surface area contributed by atoms with Crippen LogP contribution in [0, 0.1) is 11.8 Å². The molecule has 4 atom stereocenters. The molecule has 0 aliphatic carbocycles. The summed E-state index contributed by atoms with van der Waals surface area (Å²) in [6, 6.07) is 0. The van der Waals surface area contributed by atoms with Crippen molar-refractivity contribution in [2.75, 3.05) is 12.3 Å². The summed E-state index contributed by atoms with van der Waals surface area (Å²) < 4.78 is 7.03. The second kappa shape index (κ2) is 7.87. The average molecular weight is 374 g/mol. The lowest BCUT2D eigenvalue weighted by molar-refractivity contribution is -0.137. The van der Waals surface area contributed by atoms with E-state index in [0.717, 1.165) is 6.42 Å². The molecule has 1 amide bonds. The van der Waals surface area contributed by atoms with Gasteiger partial charge in [-0.3, -0.25) is 9.36 Å². The second-order valence-electron chi connectivity index (χ2n) is 6.13. The van der Waals surface area contributed by atoms with Gasteiger partial charge in [0, 0.05) is 13.0 Å². The molecule has 3 heterocycles. The van der Waals surface area contributed by atoms with E-state index in [9.17, 15) is 15.0 Å². The fourth-order valence-electron chi connectivity index (χ4n) is 2.83. The normalized spacial score (nSPS) is 24.6. The average Bonchev–Trinajstić information content (AvgIpc) is 3.18. The Bertz CT molecular complexity index is 902. The zero-order chi connectivity index (χ0) is 19.6. The van der Waals surface area contributed by atoms with Crippen LogP contribution >= 0.6 is 0 Å². The van der Waals surface area contributed by atoms with E-state index in [0.29, 0.717) is 24.1 Å². The standard InChI is InChI=1S/C17H22N6O4/c1-3-5-6-7-9-21-14(18)10-15(22-9)23(8-20-10)17-12(25)11(24)13(27-17)16(26)19-4-2/h8,11-13,17,24-25H,3-5H2,1-2H3,(H,19,26)(H2,18,21,22). The van der Waals surface area contributed by atoms with E-state index in [2.05, 4.69) is 32.1 Å². The smallest absolute Gasteiger partial charge is 0.252 e. The number of likely N-dealkylation sites (N-methyl/N-ethyl adjacent to an activating group) is 1. The minimum atomic E-state index is -1.39. The number of nitrogens with two attached hydrogens (primary N) is 1. The van der Waals surface area contributed by atoms with Crippen LogP contribution in [-0.2, 0) is 9.53 Å². The first-order chi connectivity index (χ1) is 13.0. The topological polar surface area (TPSA) is 148 Å². The van der Waals surface area contributed by atoms with Crippen molar-refractivity contribution in [2.45, 2.75) is 51.2 Å². The molecule has 1 saturated heterocycles. The van der Waals surface area contributed by atoms with Crippen molar-refractivity contribution in [1.29, 1.82) is 0 Å². The molecule has 3 rings (SSSR count). The molecule has 27 heavy (non-hydrogen) atoms. The lowest BCUT2D eigenvalue weighted by atomic mass is 10.1. The van der Waals surface area contributed by atoms with Crippen molar-refractivity contribution in [1.82, 2.24) is 24.8 Å². The predicted octanol–water partition coefficient (Wildman–Crippen LogP) is -0.685. The summed E-state index contributed by atoms with van der Waals surface area (Å²) in [5.74, 6) is 5.65. The second-order valence-corrected chi connectivity index (χ2v) is 6.13. The summed E-state index contributed by atoms with van der Waals surface area (Å²) in [5, 5.41) is 23.1. The molecule has 0 spiro atoms. The van der Waals surface area contributed by atoms with Gasteiger partial charge in [-0.1, -0.05) is 12.8 Å². The number of hydrogen-bond donors (Lipinski definition) is 4. The highest BCUT2D eigenvalue weighted by molar-refractivity contribution is 5.83. The van der Waals surface area contributed by atoms with E-state index >= 15 is 0 Å². The predicted molar refractivity (Wildman–Crippen MR) is 96.1 cm³/mol. The number of fused-ring (bicyclic) bond motifs is 1. The van der Waals surface area contributed by atoms with Crippen LogP contribution in [0.2, 0.25) is 0 Å². The molecule has 4 unspecified atom stereocenters. The van der Waals surface area contributed by atoms with Crippen molar-refractivity contribution < 1.29 is 19.7 Å². The highest BCUT2D eigenvalue weighted by atomic mass is 16.6. The summed E-state index contributed by atoms with van der Waals surface area (Å²) in [6.07, 6.45) is -2.01. The minimum Gasteiger partial charge on any atom is -0.387 e. The molecule has 10 nitrogen and oxygen atoms in total. The van der Waals surface area contributed by atoms with Crippen LogP contribution in [0.3, 0.4) is 0 Å². The van der Waals surface area contributed by atoms with Crippen LogP contribution in [0.25, 0.3) is 11.2 Å². The molecule has 0 bridgehead atoms. The maximum absolute atomic E-state index is 12.0.